The minimum atomic E-state index is 0.0970. The minimum absolute atomic E-state index is 0.0970. The molecule has 0 aliphatic rings. The minimum Gasteiger partial charge on any atom is -0.315 e. The lowest BCUT2D eigenvalue weighted by Gasteiger charge is -2.17. The SMILES string of the molecule is CNCc1sc(Cc2nc(C)cs2)nc1C(C)(C)C. The highest BCUT2D eigenvalue weighted by atomic mass is 32.1. The third-order valence-corrected chi connectivity index (χ3v) is 4.78. The van der Waals surface area contributed by atoms with Gasteiger partial charge in [-0.25, -0.2) is 9.97 Å². The molecule has 0 aliphatic heterocycles. The van der Waals surface area contributed by atoms with Crippen LogP contribution in [0.2, 0.25) is 0 Å². The average Bonchev–Trinajstić information content (AvgIpc) is 2.86. The average molecular weight is 295 g/mol. The molecule has 2 rings (SSSR count). The summed E-state index contributed by atoms with van der Waals surface area (Å²) in [6, 6.07) is 0. The van der Waals surface area contributed by atoms with E-state index >= 15 is 0 Å². The van der Waals surface area contributed by atoms with Crippen LogP contribution in [0.25, 0.3) is 0 Å². The van der Waals surface area contributed by atoms with Crippen molar-refractivity contribution in [2.75, 3.05) is 7.05 Å². The summed E-state index contributed by atoms with van der Waals surface area (Å²) in [6.45, 7) is 9.59. The largest absolute Gasteiger partial charge is 0.315 e. The summed E-state index contributed by atoms with van der Waals surface area (Å²) >= 11 is 3.53. The second kappa shape index (κ2) is 5.69. The molecule has 2 aromatic heterocycles. The van der Waals surface area contributed by atoms with Crippen molar-refractivity contribution in [2.24, 2.45) is 0 Å². The second-order valence-corrected chi connectivity index (χ2v) is 7.83. The molecule has 0 unspecified atom stereocenters. The fourth-order valence-corrected chi connectivity index (χ4v) is 4.12. The molecule has 0 radical (unpaired) electrons. The van der Waals surface area contributed by atoms with E-state index in [2.05, 4.69) is 36.5 Å². The van der Waals surface area contributed by atoms with E-state index in [9.17, 15) is 0 Å². The fourth-order valence-electron chi connectivity index (χ4n) is 1.96. The van der Waals surface area contributed by atoms with Crippen molar-refractivity contribution < 1.29 is 0 Å². The number of nitrogens with one attached hydrogen (secondary N) is 1. The zero-order valence-corrected chi connectivity index (χ0v) is 13.8. The normalized spacial score (nSPS) is 12.1. The smallest absolute Gasteiger partial charge is 0.1000 e. The van der Waals surface area contributed by atoms with Crippen LogP contribution in [-0.4, -0.2) is 17.0 Å². The van der Waals surface area contributed by atoms with E-state index in [4.69, 9.17) is 4.98 Å². The van der Waals surface area contributed by atoms with Gasteiger partial charge in [-0.05, 0) is 14.0 Å². The Morgan fingerprint density at radius 1 is 1.21 bits per heavy atom. The van der Waals surface area contributed by atoms with Gasteiger partial charge in [0.15, 0.2) is 0 Å². The van der Waals surface area contributed by atoms with E-state index in [0.29, 0.717) is 0 Å². The standard InChI is InChI=1S/C14H21N3S2/c1-9-8-18-11(16-9)6-12-17-13(14(2,3)4)10(19-12)7-15-5/h8,15H,6-7H2,1-5H3. The van der Waals surface area contributed by atoms with Crippen molar-refractivity contribution in [1.29, 1.82) is 0 Å². The summed E-state index contributed by atoms with van der Waals surface area (Å²) in [5.74, 6) is 0. The van der Waals surface area contributed by atoms with Crippen LogP contribution in [0.4, 0.5) is 0 Å². The van der Waals surface area contributed by atoms with Crippen LogP contribution in [0.1, 0.15) is 47.1 Å². The van der Waals surface area contributed by atoms with Crippen molar-refractivity contribution in [3.8, 4) is 0 Å². The zero-order valence-electron chi connectivity index (χ0n) is 12.2. The Hall–Kier alpha value is -0.780. The molecule has 104 valence electrons. The first-order valence-electron chi connectivity index (χ1n) is 6.45. The number of aromatic nitrogens is 2. The van der Waals surface area contributed by atoms with Gasteiger partial charge in [-0.15, -0.1) is 22.7 Å². The number of thiazole rings is 2. The molecule has 5 heteroatoms. The Morgan fingerprint density at radius 2 is 1.95 bits per heavy atom. The topological polar surface area (TPSA) is 37.8 Å². The molecule has 0 bridgehead atoms. The van der Waals surface area contributed by atoms with Crippen LogP contribution in [0, 0.1) is 6.92 Å². The highest BCUT2D eigenvalue weighted by Crippen LogP contribution is 2.30. The number of hydrogen-bond acceptors (Lipinski definition) is 5. The van der Waals surface area contributed by atoms with E-state index in [1.54, 1.807) is 11.3 Å². The van der Waals surface area contributed by atoms with E-state index < -0.39 is 0 Å². The van der Waals surface area contributed by atoms with Crippen LogP contribution < -0.4 is 5.32 Å². The maximum atomic E-state index is 4.85. The van der Waals surface area contributed by atoms with Gasteiger partial charge in [-0.3, -0.25) is 0 Å². The zero-order chi connectivity index (χ0) is 14.0. The van der Waals surface area contributed by atoms with Gasteiger partial charge in [0, 0.05) is 27.9 Å². The van der Waals surface area contributed by atoms with E-state index in [1.165, 1.54) is 15.6 Å². The summed E-state index contributed by atoms with van der Waals surface area (Å²) in [6.07, 6.45) is 0.857. The molecule has 19 heavy (non-hydrogen) atoms. The van der Waals surface area contributed by atoms with E-state index in [-0.39, 0.29) is 5.41 Å². The molecule has 0 fully saturated rings. The maximum Gasteiger partial charge on any atom is 0.1000 e. The van der Waals surface area contributed by atoms with Gasteiger partial charge in [0.2, 0.25) is 0 Å². The third-order valence-electron chi connectivity index (χ3n) is 2.76. The molecule has 2 heterocycles. The number of rotatable bonds is 4. The predicted octanol–water partition coefficient (Wildman–Crippen LogP) is 3.52. The number of hydrogen-bond donors (Lipinski definition) is 1. The monoisotopic (exact) mass is 295 g/mol. The molecule has 0 amide bonds. The van der Waals surface area contributed by atoms with Gasteiger partial charge in [-0.1, -0.05) is 20.8 Å². The van der Waals surface area contributed by atoms with Crippen LogP contribution >= 0.6 is 22.7 Å². The summed E-state index contributed by atoms with van der Waals surface area (Å²) < 4.78 is 0. The molecular formula is C14H21N3S2. The Morgan fingerprint density at radius 3 is 2.47 bits per heavy atom. The molecular weight excluding hydrogens is 274 g/mol. The summed E-state index contributed by atoms with van der Waals surface area (Å²) in [5, 5.41) is 7.66. The van der Waals surface area contributed by atoms with Crippen LogP contribution in [0.3, 0.4) is 0 Å². The summed E-state index contributed by atoms with van der Waals surface area (Å²) in [5.41, 5.74) is 2.41. The molecule has 0 saturated heterocycles. The van der Waals surface area contributed by atoms with Crippen molar-refractivity contribution in [3.05, 3.63) is 31.7 Å². The van der Waals surface area contributed by atoms with Crippen molar-refractivity contribution in [1.82, 2.24) is 15.3 Å². The molecule has 3 nitrogen and oxygen atoms in total. The predicted molar refractivity (Wildman–Crippen MR) is 83.2 cm³/mol. The van der Waals surface area contributed by atoms with Gasteiger partial charge in [-0.2, -0.15) is 0 Å². The fraction of sp³-hybridized carbons (Fsp3) is 0.571. The Balaban J connectivity index is 2.27. The Kier molecular flexibility index (Phi) is 4.38. The van der Waals surface area contributed by atoms with Gasteiger partial charge in [0.1, 0.15) is 0 Å². The quantitative estimate of drug-likeness (QED) is 0.938. The molecule has 1 N–H and O–H groups in total. The lowest BCUT2D eigenvalue weighted by atomic mass is 9.91. The van der Waals surface area contributed by atoms with E-state index in [0.717, 1.165) is 23.7 Å². The lowest BCUT2D eigenvalue weighted by molar-refractivity contribution is 0.561. The first-order valence-corrected chi connectivity index (χ1v) is 8.14. The third kappa shape index (κ3) is 3.61. The number of aryl methyl sites for hydroxylation is 1. The summed E-state index contributed by atoms with van der Waals surface area (Å²) in [7, 11) is 1.98. The van der Waals surface area contributed by atoms with Crippen molar-refractivity contribution in [3.63, 3.8) is 0 Å². The van der Waals surface area contributed by atoms with E-state index in [1.807, 2.05) is 25.3 Å². The van der Waals surface area contributed by atoms with Crippen LogP contribution in [-0.2, 0) is 18.4 Å². The van der Waals surface area contributed by atoms with Gasteiger partial charge in [0.25, 0.3) is 0 Å². The van der Waals surface area contributed by atoms with Crippen LogP contribution in [0.15, 0.2) is 5.38 Å². The maximum absolute atomic E-state index is 4.85. The molecule has 0 atom stereocenters. The molecule has 2 aromatic rings. The first kappa shape index (κ1) is 14.6. The molecule has 0 saturated carbocycles. The Labute approximate surface area is 123 Å². The van der Waals surface area contributed by atoms with Gasteiger partial charge >= 0.3 is 0 Å². The first-order chi connectivity index (χ1) is 8.90. The highest BCUT2D eigenvalue weighted by molar-refractivity contribution is 7.12. The molecule has 0 spiro atoms. The Bertz CT molecular complexity index is 549. The highest BCUT2D eigenvalue weighted by Gasteiger charge is 2.23. The summed E-state index contributed by atoms with van der Waals surface area (Å²) in [4.78, 5) is 10.7. The van der Waals surface area contributed by atoms with Gasteiger partial charge in [0.05, 0.1) is 22.1 Å². The number of nitrogens with zero attached hydrogens (tertiary/aromatic N) is 2. The van der Waals surface area contributed by atoms with Crippen LogP contribution in [0.5, 0.6) is 0 Å². The van der Waals surface area contributed by atoms with Gasteiger partial charge < -0.3 is 5.32 Å². The lowest BCUT2D eigenvalue weighted by Crippen LogP contribution is -2.16. The second-order valence-electron chi connectivity index (χ2n) is 5.72. The van der Waals surface area contributed by atoms with Crippen molar-refractivity contribution in [2.45, 2.75) is 46.1 Å². The molecule has 0 aliphatic carbocycles. The molecule has 0 aromatic carbocycles. The van der Waals surface area contributed by atoms with Crippen molar-refractivity contribution >= 4 is 22.7 Å².